The van der Waals surface area contributed by atoms with Crippen LogP contribution in [-0.4, -0.2) is 24.8 Å². The van der Waals surface area contributed by atoms with Gasteiger partial charge in [0.05, 0.1) is 0 Å². The van der Waals surface area contributed by atoms with Crippen molar-refractivity contribution < 1.29 is 71.2 Å². The van der Waals surface area contributed by atoms with Crippen LogP contribution in [0, 0.1) is 58.2 Å². The first-order valence-corrected chi connectivity index (χ1v) is 12.0. The molecule has 42 heavy (non-hydrogen) atoms. The molecule has 0 bridgehead atoms. The third kappa shape index (κ3) is 4.87. The van der Waals surface area contributed by atoms with Gasteiger partial charge in [0.15, 0.2) is 28.2 Å². The smallest absolute Gasteiger partial charge is 0.300 e. The van der Waals surface area contributed by atoms with Crippen LogP contribution in [0.1, 0.15) is 20.7 Å². The number of imide groups is 1. The molecule has 1 aliphatic heterocycles. The highest BCUT2D eigenvalue weighted by Gasteiger charge is 2.33. The van der Waals surface area contributed by atoms with Gasteiger partial charge in [0.2, 0.25) is 40.7 Å². The highest BCUT2D eigenvalue weighted by molar-refractivity contribution is 7.85. The van der Waals surface area contributed by atoms with E-state index in [0.29, 0.717) is 0 Å². The Morgan fingerprint density at radius 2 is 1.02 bits per heavy atom. The fourth-order valence-electron chi connectivity index (χ4n) is 3.68. The van der Waals surface area contributed by atoms with E-state index in [-0.39, 0.29) is 27.6 Å². The summed E-state index contributed by atoms with van der Waals surface area (Å²) in [4.78, 5) is 21.6. The molecule has 0 spiro atoms. The lowest BCUT2D eigenvalue weighted by Crippen LogP contribution is -2.34. The average Bonchev–Trinajstić information content (AvgIpc) is 2.93. The molecule has 0 unspecified atom stereocenters. The van der Waals surface area contributed by atoms with E-state index in [1.54, 1.807) is 0 Å². The van der Waals surface area contributed by atoms with Gasteiger partial charge in [0.1, 0.15) is 5.75 Å². The van der Waals surface area contributed by atoms with Gasteiger partial charge in [-0.25, -0.2) is 35.1 Å². The number of benzene rings is 4. The topological polar surface area (TPSA) is 110 Å². The van der Waals surface area contributed by atoms with Crippen LogP contribution < -0.4 is 10.1 Å². The summed E-state index contributed by atoms with van der Waals surface area (Å²) in [7, 11) is -5.52. The maximum atomic E-state index is 13.9. The largest absolute Gasteiger partial charge is 0.450 e. The lowest BCUT2D eigenvalue weighted by molar-refractivity contribution is 0.0844. The number of carbonyl (C=O) groups is 2. The predicted molar refractivity (Wildman–Crippen MR) is 118 cm³/mol. The second kappa shape index (κ2) is 10.6. The normalized spacial score (nSPS) is 12.6. The number of hydrogen-bond donors (Lipinski definition) is 2. The summed E-state index contributed by atoms with van der Waals surface area (Å²) in [6, 6.07) is 6.57. The Kier molecular flexibility index (Phi) is 7.64. The highest BCUT2D eigenvalue weighted by Crippen LogP contribution is 2.38. The number of ether oxygens (including phenoxy) is 1. The van der Waals surface area contributed by atoms with Gasteiger partial charge in [-0.3, -0.25) is 19.5 Å². The van der Waals surface area contributed by atoms with Crippen molar-refractivity contribution in [1.29, 1.82) is 0 Å². The van der Waals surface area contributed by atoms with E-state index < -0.39 is 90.7 Å². The second-order valence-electron chi connectivity index (χ2n) is 8.00. The maximum absolute atomic E-state index is 13.9. The van der Waals surface area contributed by atoms with Crippen molar-refractivity contribution in [2.75, 3.05) is 0 Å². The Morgan fingerprint density at radius 1 is 0.595 bits per heavy atom. The van der Waals surface area contributed by atoms with Crippen molar-refractivity contribution in [3.05, 3.63) is 99.6 Å². The predicted octanol–water partition coefficient (Wildman–Crippen LogP) is 5.84. The van der Waals surface area contributed by atoms with Crippen LogP contribution >= 0.6 is 0 Å². The number of nitrogens with one attached hydrogen (secondary N) is 1. The van der Waals surface area contributed by atoms with Crippen LogP contribution in [0.2, 0.25) is 0 Å². The molecule has 4 aromatic rings. The van der Waals surface area contributed by atoms with Crippen molar-refractivity contribution in [3.8, 4) is 11.5 Å². The lowest BCUT2D eigenvalue weighted by atomic mass is 9.95. The first-order chi connectivity index (χ1) is 19.5. The Balaban J connectivity index is 0.000000230. The van der Waals surface area contributed by atoms with Gasteiger partial charge in [-0.05, 0) is 18.2 Å². The van der Waals surface area contributed by atoms with E-state index in [2.05, 4.69) is 5.32 Å². The summed E-state index contributed by atoms with van der Waals surface area (Å²) in [6.45, 7) is 0. The number of amides is 2. The average molecular weight is 627 g/mol. The third-order valence-corrected chi connectivity index (χ3v) is 6.40. The second-order valence-corrected chi connectivity index (χ2v) is 9.36. The molecule has 4 aromatic carbocycles. The molecular formula is C24H7F10NO6S. The minimum absolute atomic E-state index is 0.0946. The van der Waals surface area contributed by atoms with Crippen LogP contribution in [0.15, 0.2) is 35.2 Å². The minimum Gasteiger partial charge on any atom is -0.450 e. The van der Waals surface area contributed by atoms with E-state index in [9.17, 15) is 61.9 Å². The maximum Gasteiger partial charge on any atom is 0.300 e. The molecule has 7 nitrogen and oxygen atoms in total. The summed E-state index contributed by atoms with van der Waals surface area (Å²) in [5, 5.41) is 2.36. The molecule has 18 heteroatoms. The van der Waals surface area contributed by atoms with Gasteiger partial charge < -0.3 is 4.74 Å². The summed E-state index contributed by atoms with van der Waals surface area (Å²) in [6.07, 6.45) is 0. The summed E-state index contributed by atoms with van der Waals surface area (Å²) in [5.74, 6) is -26.6. The Morgan fingerprint density at radius 3 is 1.50 bits per heavy atom. The molecule has 0 atom stereocenters. The molecule has 1 aliphatic rings. The molecule has 0 aromatic heterocycles. The fourth-order valence-corrected chi connectivity index (χ4v) is 4.31. The molecule has 0 fully saturated rings. The highest BCUT2D eigenvalue weighted by atomic mass is 32.2. The summed E-state index contributed by atoms with van der Waals surface area (Å²) < 4.78 is 164. The summed E-state index contributed by atoms with van der Waals surface area (Å²) >= 11 is 0. The van der Waals surface area contributed by atoms with Crippen molar-refractivity contribution in [1.82, 2.24) is 5.32 Å². The van der Waals surface area contributed by atoms with Crippen LogP contribution in [0.5, 0.6) is 11.5 Å². The molecule has 5 rings (SSSR count). The first-order valence-electron chi connectivity index (χ1n) is 10.6. The van der Waals surface area contributed by atoms with Gasteiger partial charge in [0, 0.05) is 21.9 Å². The van der Waals surface area contributed by atoms with Crippen molar-refractivity contribution in [2.45, 2.75) is 4.90 Å². The zero-order valence-electron chi connectivity index (χ0n) is 19.6. The van der Waals surface area contributed by atoms with Crippen molar-refractivity contribution in [2.24, 2.45) is 0 Å². The molecule has 0 radical (unpaired) electrons. The number of rotatable bonds is 3. The first kappa shape index (κ1) is 30.3. The number of carbonyl (C=O) groups excluding carboxylic acids is 2. The monoisotopic (exact) mass is 627 g/mol. The Hall–Kier alpha value is -4.71. The lowest BCUT2D eigenvalue weighted by Gasteiger charge is -2.19. The fraction of sp³-hybridized carbons (Fsp3) is 0. The number of halogens is 10. The van der Waals surface area contributed by atoms with Crippen LogP contribution in [-0.2, 0) is 10.1 Å². The van der Waals surface area contributed by atoms with E-state index in [4.69, 9.17) is 9.29 Å². The molecule has 0 saturated carbocycles. The van der Waals surface area contributed by atoms with Crippen molar-refractivity contribution in [3.63, 3.8) is 0 Å². The van der Waals surface area contributed by atoms with Gasteiger partial charge >= 0.3 is 10.1 Å². The molecular weight excluding hydrogens is 620 g/mol. The minimum atomic E-state index is -5.52. The molecule has 2 amide bonds. The van der Waals surface area contributed by atoms with Gasteiger partial charge in [-0.15, -0.1) is 0 Å². The Bertz CT molecular complexity index is 1890. The van der Waals surface area contributed by atoms with Crippen LogP contribution in [0.4, 0.5) is 43.9 Å². The van der Waals surface area contributed by atoms with E-state index in [1.165, 1.54) is 24.3 Å². The van der Waals surface area contributed by atoms with Gasteiger partial charge in [0.25, 0.3) is 11.8 Å². The molecule has 2 N–H and O–H groups in total. The Labute approximate surface area is 225 Å². The number of hydrogen-bond acceptors (Lipinski definition) is 5. The standard InChI is InChI=1S/C18H6F5NO3.C6HF5O3S/c19-11-12(20)14(22)16(15(23)13(11)21)27-9-5-4-8-10-6(9)2-1-3-7(10)17(25)24-18(8)26;7-1-2(8)4(10)6(15(12,13)14)5(11)3(1)9/h1-5H,(H,24,25,26);(H,12,13,14). The van der Waals surface area contributed by atoms with Gasteiger partial charge in [-0.2, -0.15) is 17.2 Å². The van der Waals surface area contributed by atoms with Gasteiger partial charge in [-0.1, -0.05) is 12.1 Å². The van der Waals surface area contributed by atoms with Crippen molar-refractivity contribution >= 4 is 32.7 Å². The zero-order valence-corrected chi connectivity index (χ0v) is 20.4. The SMILES string of the molecule is O=C1NC(=O)c2ccc(Oc3c(F)c(F)c(F)c(F)c3F)c3cccc1c23.O=S(=O)(O)c1c(F)c(F)c(F)c(F)c1F. The molecule has 220 valence electrons. The molecule has 0 aliphatic carbocycles. The quantitative estimate of drug-likeness (QED) is 0.0972. The van der Waals surface area contributed by atoms with E-state index in [0.717, 1.165) is 6.07 Å². The molecule has 1 heterocycles. The van der Waals surface area contributed by atoms with E-state index in [1.807, 2.05) is 0 Å². The van der Waals surface area contributed by atoms with Crippen LogP contribution in [0.3, 0.4) is 0 Å². The van der Waals surface area contributed by atoms with Crippen LogP contribution in [0.25, 0.3) is 10.8 Å². The zero-order chi connectivity index (χ0) is 31.4. The summed E-state index contributed by atoms with van der Waals surface area (Å²) in [5.41, 5.74) is 0.204. The molecule has 0 saturated heterocycles. The third-order valence-electron chi connectivity index (χ3n) is 5.53. The van der Waals surface area contributed by atoms with E-state index >= 15 is 0 Å².